The number of ether oxygens (including phenoxy) is 1. The van der Waals surface area contributed by atoms with Crippen LogP contribution < -0.4 is 20.1 Å². The van der Waals surface area contributed by atoms with Gasteiger partial charge in [-0.15, -0.1) is 0 Å². The van der Waals surface area contributed by atoms with Crippen molar-refractivity contribution in [3.63, 3.8) is 0 Å². The second-order valence-electron chi connectivity index (χ2n) is 9.35. The lowest BCUT2D eigenvalue weighted by atomic mass is 10.1. The third-order valence-electron chi connectivity index (χ3n) is 4.92. The number of hydrogen-bond acceptors (Lipinski definition) is 8. The van der Waals surface area contributed by atoms with Crippen molar-refractivity contribution >= 4 is 33.2 Å². The number of rotatable bonds is 10. The van der Waals surface area contributed by atoms with E-state index in [1.54, 1.807) is 46.0 Å². The molecule has 1 saturated heterocycles. The Bertz CT molecular complexity index is 1630. The molecule has 37 heavy (non-hydrogen) atoms. The van der Waals surface area contributed by atoms with Crippen molar-refractivity contribution in [3.8, 4) is 5.75 Å². The smallest absolute Gasteiger partial charge is 0.241 e. The van der Waals surface area contributed by atoms with Gasteiger partial charge in [-0.3, -0.25) is 4.90 Å². The first-order valence-electron chi connectivity index (χ1n) is 15.6. The van der Waals surface area contributed by atoms with E-state index in [1.807, 2.05) is 0 Å². The van der Waals surface area contributed by atoms with E-state index < -0.39 is 41.6 Å². The van der Waals surface area contributed by atoms with Crippen LogP contribution in [0.2, 0.25) is 0 Å². The number of anilines is 4. The first-order chi connectivity index (χ1) is 20.5. The molecule has 0 radical (unpaired) electrons. The molecule has 0 bridgehead atoms. The molecule has 10 heteroatoms. The van der Waals surface area contributed by atoms with Gasteiger partial charge < -0.3 is 15.4 Å². The Hall–Kier alpha value is -3.21. The number of likely N-dealkylation sites (tertiary alicyclic amines) is 1. The summed E-state index contributed by atoms with van der Waals surface area (Å²) in [6.45, 7) is -4.06. The van der Waals surface area contributed by atoms with Gasteiger partial charge in [0, 0.05) is 43.4 Å². The number of nitrogens with zero attached hydrogens (tertiary/aromatic N) is 3. The molecule has 0 unspecified atom stereocenters. The molecule has 198 valence electrons. The highest BCUT2D eigenvalue weighted by Crippen LogP contribution is 2.24. The molecule has 1 aromatic heterocycles. The van der Waals surface area contributed by atoms with Crippen molar-refractivity contribution in [1.82, 2.24) is 19.6 Å². The summed E-state index contributed by atoms with van der Waals surface area (Å²) in [7, 11) is -3.76. The van der Waals surface area contributed by atoms with Crippen LogP contribution >= 0.6 is 0 Å². The Kier molecular flexibility index (Phi) is 5.61. The van der Waals surface area contributed by atoms with Crippen LogP contribution in [-0.2, 0) is 10.0 Å². The number of aromatic nitrogens is 2. The highest BCUT2D eigenvalue weighted by atomic mass is 32.2. The van der Waals surface area contributed by atoms with E-state index >= 15 is 0 Å². The molecule has 0 amide bonds. The minimum Gasteiger partial charge on any atom is -0.492 e. The Labute approximate surface area is 231 Å². The molecule has 3 aromatic rings. The lowest BCUT2D eigenvalue weighted by Crippen LogP contribution is -2.40. The molecule has 1 fully saturated rings. The Morgan fingerprint density at radius 1 is 1.08 bits per heavy atom. The van der Waals surface area contributed by atoms with E-state index in [0.29, 0.717) is 22.8 Å². The van der Waals surface area contributed by atoms with Gasteiger partial charge in [0.2, 0.25) is 16.0 Å². The number of hydrogen-bond donors (Lipinski definition) is 3. The summed E-state index contributed by atoms with van der Waals surface area (Å²) in [5, 5.41) is 6.13. The summed E-state index contributed by atoms with van der Waals surface area (Å²) < 4.78 is 98.8. The second kappa shape index (κ2) is 11.5. The van der Waals surface area contributed by atoms with Crippen LogP contribution in [0.25, 0.3) is 0 Å². The number of benzene rings is 2. The molecule has 0 saturated carbocycles. The minimum atomic E-state index is -3.76. The maximum absolute atomic E-state index is 12.8. The Balaban J connectivity index is 1.47. The zero-order chi connectivity index (χ0) is 33.6. The van der Waals surface area contributed by atoms with Gasteiger partial charge in [-0.2, -0.15) is 4.98 Å². The van der Waals surface area contributed by atoms with Crippen LogP contribution in [0.15, 0.2) is 59.6 Å². The summed E-state index contributed by atoms with van der Waals surface area (Å²) in [5.41, 5.74) is 1.01. The summed E-state index contributed by atoms with van der Waals surface area (Å²) >= 11 is 0. The highest BCUT2D eigenvalue weighted by molar-refractivity contribution is 7.89. The van der Waals surface area contributed by atoms with Gasteiger partial charge in [0.05, 0.1) is 7.64 Å². The Morgan fingerprint density at radius 2 is 1.81 bits per heavy atom. The maximum atomic E-state index is 12.8. The zero-order valence-electron chi connectivity index (χ0n) is 29.1. The van der Waals surface area contributed by atoms with E-state index in [2.05, 4.69) is 25.3 Å². The highest BCUT2D eigenvalue weighted by Gasteiger charge is 2.22. The zero-order valence-corrected chi connectivity index (χ0v) is 21.9. The third kappa shape index (κ3) is 7.88. The van der Waals surface area contributed by atoms with Crippen molar-refractivity contribution in [2.75, 3.05) is 36.7 Å². The van der Waals surface area contributed by atoms with Gasteiger partial charge in [-0.1, -0.05) is 6.07 Å². The van der Waals surface area contributed by atoms with E-state index in [1.165, 1.54) is 36.4 Å². The van der Waals surface area contributed by atoms with E-state index in [0.717, 1.165) is 0 Å². The quantitative estimate of drug-likeness (QED) is 0.341. The SMILES string of the molecule is [2H]C1([2H])CCC([2H])([2H])N1C([2H])([2H])C([2H])([2H])Oc1ccc(Nc2ncc(C)c(Nc3cccc(S(=O)(=O)NC(C)(C)C)c3)n2)cc1. The summed E-state index contributed by atoms with van der Waals surface area (Å²) in [5.74, 6) is 0.542. The van der Waals surface area contributed by atoms with Crippen LogP contribution in [0.3, 0.4) is 0 Å². The summed E-state index contributed by atoms with van der Waals surface area (Å²) in [6.07, 6.45) is 0.984. The normalized spacial score (nSPS) is 21.2. The number of sulfonamides is 1. The van der Waals surface area contributed by atoms with Crippen molar-refractivity contribution in [1.29, 1.82) is 0 Å². The van der Waals surface area contributed by atoms with Gasteiger partial charge in [-0.05, 0) is 96.0 Å². The van der Waals surface area contributed by atoms with Crippen molar-refractivity contribution in [3.05, 3.63) is 60.3 Å². The minimum absolute atomic E-state index is 0.0716. The molecule has 1 aliphatic rings. The first kappa shape index (κ1) is 18.1. The van der Waals surface area contributed by atoms with Gasteiger partial charge in [-0.25, -0.2) is 18.1 Å². The van der Waals surface area contributed by atoms with E-state index in [4.69, 9.17) is 15.7 Å². The standard InChI is InChI=1S/C27H36N6O3S/c1-20-19-28-26(30-21-10-12-23(13-11-21)36-17-16-33-14-5-6-15-33)31-25(20)29-22-8-7-9-24(18-22)37(34,35)32-27(2,3)4/h7-13,18-19,32H,5-6,14-17H2,1-4H3,(H2,28,29,30,31)/i14D2,15D2,16D2,17D2. The average Bonchev–Trinajstić information content (AvgIpc) is 3.13. The average molecular weight is 533 g/mol. The molecule has 4 rings (SSSR count). The molecular formula is C27H36N6O3S. The first-order valence-corrected chi connectivity index (χ1v) is 13.1. The Morgan fingerprint density at radius 3 is 2.51 bits per heavy atom. The number of aryl methyl sites for hydroxylation is 1. The van der Waals surface area contributed by atoms with Crippen molar-refractivity contribution in [2.45, 2.75) is 51.0 Å². The van der Waals surface area contributed by atoms with Crippen LogP contribution in [0.4, 0.5) is 23.1 Å². The largest absolute Gasteiger partial charge is 0.492 e. The summed E-state index contributed by atoms with van der Waals surface area (Å²) in [4.78, 5) is 9.11. The van der Waals surface area contributed by atoms with Crippen LogP contribution in [0, 0.1) is 6.92 Å². The van der Waals surface area contributed by atoms with Crippen molar-refractivity contribution < 1.29 is 24.1 Å². The number of nitrogens with one attached hydrogen (secondary N) is 3. The van der Waals surface area contributed by atoms with Crippen LogP contribution in [-0.4, -0.2) is 54.9 Å². The summed E-state index contributed by atoms with van der Waals surface area (Å²) in [6, 6.07) is 12.1. The maximum Gasteiger partial charge on any atom is 0.241 e. The molecule has 0 aliphatic carbocycles. The van der Waals surface area contributed by atoms with Crippen LogP contribution in [0.1, 0.15) is 50.1 Å². The third-order valence-corrected chi connectivity index (χ3v) is 6.68. The molecule has 0 atom stereocenters. The monoisotopic (exact) mass is 532 g/mol. The lowest BCUT2D eigenvalue weighted by Gasteiger charge is -2.20. The molecule has 2 aromatic carbocycles. The van der Waals surface area contributed by atoms with E-state index in [9.17, 15) is 8.42 Å². The molecule has 9 nitrogen and oxygen atoms in total. The molecular weight excluding hydrogens is 488 g/mol. The van der Waals surface area contributed by atoms with Crippen molar-refractivity contribution in [2.24, 2.45) is 0 Å². The second-order valence-corrected chi connectivity index (χ2v) is 11.0. The van der Waals surface area contributed by atoms with Gasteiger partial charge in [0.25, 0.3) is 0 Å². The molecule has 0 spiro atoms. The van der Waals surface area contributed by atoms with Gasteiger partial charge in [0.1, 0.15) is 18.1 Å². The van der Waals surface area contributed by atoms with Gasteiger partial charge in [0.15, 0.2) is 0 Å². The van der Waals surface area contributed by atoms with E-state index in [-0.39, 0.29) is 34.3 Å². The molecule has 2 heterocycles. The topological polar surface area (TPSA) is 108 Å². The molecule has 3 N–H and O–H groups in total. The van der Waals surface area contributed by atoms with Crippen LogP contribution in [0.5, 0.6) is 5.75 Å². The fourth-order valence-electron chi connectivity index (χ4n) is 3.30. The lowest BCUT2D eigenvalue weighted by molar-refractivity contribution is 0.238. The predicted octanol–water partition coefficient (Wildman–Crippen LogP) is 4.82. The predicted molar refractivity (Wildman–Crippen MR) is 147 cm³/mol. The fraction of sp³-hybridized carbons (Fsp3) is 0.407. The fourth-order valence-corrected chi connectivity index (χ4v) is 4.77. The molecule has 1 aliphatic heterocycles. The van der Waals surface area contributed by atoms with Gasteiger partial charge >= 0.3 is 0 Å².